The van der Waals surface area contributed by atoms with Crippen molar-refractivity contribution in [3.63, 3.8) is 0 Å². The van der Waals surface area contributed by atoms with Gasteiger partial charge in [-0.15, -0.1) is 6.42 Å². The molecule has 0 radical (unpaired) electrons. The number of hydrogen-bond acceptors (Lipinski definition) is 3. The van der Waals surface area contributed by atoms with E-state index in [9.17, 15) is 8.42 Å². The molecule has 0 bridgehead atoms. The van der Waals surface area contributed by atoms with Crippen LogP contribution in [0.2, 0.25) is 10.0 Å². The first-order chi connectivity index (χ1) is 8.86. The number of nitrogens with two attached hydrogens (primary N) is 1. The molecule has 1 aromatic rings. The van der Waals surface area contributed by atoms with Gasteiger partial charge >= 0.3 is 0 Å². The summed E-state index contributed by atoms with van der Waals surface area (Å²) in [5.74, 6) is 2.32. The van der Waals surface area contributed by atoms with Crippen LogP contribution in [0, 0.1) is 12.3 Å². The highest BCUT2D eigenvalue weighted by Crippen LogP contribution is 2.34. The van der Waals surface area contributed by atoms with Crippen molar-refractivity contribution in [3.8, 4) is 12.3 Å². The van der Waals surface area contributed by atoms with Crippen molar-refractivity contribution in [1.82, 2.24) is 4.31 Å². The van der Waals surface area contributed by atoms with Gasteiger partial charge in [0.2, 0.25) is 10.0 Å². The SMILES string of the molecule is C#CCN(CCC)S(=O)(=O)c1ccc(Cl)c(N)c1Cl. The summed E-state index contributed by atoms with van der Waals surface area (Å²) in [4.78, 5) is -0.0835. The summed E-state index contributed by atoms with van der Waals surface area (Å²) < 4.78 is 26.1. The molecule has 2 N–H and O–H groups in total. The molecule has 0 heterocycles. The van der Waals surface area contributed by atoms with Crippen LogP contribution in [-0.4, -0.2) is 25.8 Å². The lowest BCUT2D eigenvalue weighted by atomic mass is 10.3. The minimum Gasteiger partial charge on any atom is -0.396 e. The average molecular weight is 321 g/mol. The maximum atomic E-state index is 12.4. The van der Waals surface area contributed by atoms with Crippen molar-refractivity contribution in [1.29, 1.82) is 0 Å². The minimum atomic E-state index is -3.78. The fourth-order valence-corrected chi connectivity index (χ4v) is 3.71. The van der Waals surface area contributed by atoms with Gasteiger partial charge in [-0.3, -0.25) is 0 Å². The molecule has 1 rings (SSSR count). The van der Waals surface area contributed by atoms with Gasteiger partial charge in [0.25, 0.3) is 0 Å². The Morgan fingerprint density at radius 2 is 2.05 bits per heavy atom. The second kappa shape index (κ2) is 6.49. The zero-order chi connectivity index (χ0) is 14.6. The summed E-state index contributed by atoms with van der Waals surface area (Å²) in [6.07, 6.45) is 5.83. The van der Waals surface area contributed by atoms with Crippen molar-refractivity contribution in [2.24, 2.45) is 0 Å². The molecule has 1 aromatic carbocycles. The van der Waals surface area contributed by atoms with E-state index < -0.39 is 10.0 Å². The smallest absolute Gasteiger partial charge is 0.245 e. The topological polar surface area (TPSA) is 63.4 Å². The fraction of sp³-hybridized carbons (Fsp3) is 0.333. The number of anilines is 1. The van der Waals surface area contributed by atoms with Gasteiger partial charge in [0.15, 0.2) is 0 Å². The van der Waals surface area contributed by atoms with Crippen LogP contribution in [0.4, 0.5) is 5.69 Å². The number of nitrogens with zero attached hydrogens (tertiary/aromatic N) is 1. The van der Waals surface area contributed by atoms with Gasteiger partial charge in [-0.25, -0.2) is 8.42 Å². The van der Waals surface area contributed by atoms with Crippen LogP contribution >= 0.6 is 23.2 Å². The number of halogens is 2. The molecule has 0 aliphatic carbocycles. The van der Waals surface area contributed by atoms with Crippen molar-refractivity contribution in [3.05, 3.63) is 22.2 Å². The van der Waals surface area contributed by atoms with E-state index in [-0.39, 0.29) is 27.2 Å². The molecule has 104 valence electrons. The van der Waals surface area contributed by atoms with Gasteiger partial charge in [0.05, 0.1) is 22.3 Å². The van der Waals surface area contributed by atoms with E-state index >= 15 is 0 Å². The number of sulfonamides is 1. The van der Waals surface area contributed by atoms with Crippen molar-refractivity contribution in [2.45, 2.75) is 18.2 Å². The summed E-state index contributed by atoms with van der Waals surface area (Å²) in [7, 11) is -3.78. The van der Waals surface area contributed by atoms with Gasteiger partial charge in [0, 0.05) is 6.54 Å². The Kier molecular flexibility index (Phi) is 5.50. The quantitative estimate of drug-likeness (QED) is 0.670. The predicted octanol–water partition coefficient (Wildman–Crippen LogP) is 2.61. The number of rotatable bonds is 5. The molecule has 0 unspecified atom stereocenters. The maximum Gasteiger partial charge on any atom is 0.245 e. The van der Waals surface area contributed by atoms with E-state index in [0.717, 1.165) is 0 Å². The normalized spacial score (nSPS) is 11.5. The first-order valence-corrected chi connectivity index (χ1v) is 7.73. The lowest BCUT2D eigenvalue weighted by Gasteiger charge is -2.20. The fourth-order valence-electron chi connectivity index (χ4n) is 1.52. The minimum absolute atomic E-state index is 0.0188. The number of nitrogen functional groups attached to an aromatic ring is 1. The molecule has 0 aliphatic heterocycles. The van der Waals surface area contributed by atoms with Crippen molar-refractivity contribution >= 4 is 38.9 Å². The molecule has 7 heteroatoms. The van der Waals surface area contributed by atoms with Crippen molar-refractivity contribution < 1.29 is 8.42 Å². The van der Waals surface area contributed by atoms with E-state index in [1.54, 1.807) is 0 Å². The first kappa shape index (κ1) is 16.1. The zero-order valence-electron chi connectivity index (χ0n) is 10.4. The van der Waals surface area contributed by atoms with E-state index in [1.165, 1.54) is 16.4 Å². The highest BCUT2D eigenvalue weighted by atomic mass is 35.5. The molecule has 0 atom stereocenters. The van der Waals surface area contributed by atoms with E-state index in [1.807, 2.05) is 6.92 Å². The number of terminal acetylenes is 1. The zero-order valence-corrected chi connectivity index (χ0v) is 12.7. The highest BCUT2D eigenvalue weighted by Gasteiger charge is 2.27. The summed E-state index contributed by atoms with van der Waals surface area (Å²) in [6, 6.07) is 2.73. The second-order valence-corrected chi connectivity index (χ2v) is 6.51. The summed E-state index contributed by atoms with van der Waals surface area (Å²) in [5, 5.41) is 0.133. The molecular weight excluding hydrogens is 307 g/mol. The third-order valence-electron chi connectivity index (χ3n) is 2.45. The Bertz CT molecular complexity index is 609. The van der Waals surface area contributed by atoms with Gasteiger partial charge in [-0.2, -0.15) is 4.31 Å². The number of hydrogen-bond donors (Lipinski definition) is 1. The Morgan fingerprint density at radius 3 is 2.58 bits per heavy atom. The average Bonchev–Trinajstić information content (AvgIpc) is 2.35. The monoisotopic (exact) mass is 320 g/mol. The van der Waals surface area contributed by atoms with Crippen LogP contribution in [-0.2, 0) is 10.0 Å². The standard InChI is InChI=1S/C12H14Cl2N2O2S/c1-3-7-16(8-4-2)19(17,18)10-6-5-9(13)12(15)11(10)14/h1,5-6H,4,7-8,15H2,2H3. The summed E-state index contributed by atoms with van der Waals surface area (Å²) in [6.45, 7) is 2.15. The molecule has 0 saturated heterocycles. The molecule has 4 nitrogen and oxygen atoms in total. The van der Waals surface area contributed by atoms with Crippen LogP contribution in [0.1, 0.15) is 13.3 Å². The lowest BCUT2D eigenvalue weighted by molar-refractivity contribution is 0.446. The van der Waals surface area contributed by atoms with E-state index in [2.05, 4.69) is 5.92 Å². The molecule has 19 heavy (non-hydrogen) atoms. The Labute approximate surface area is 123 Å². The van der Waals surface area contributed by atoms with Crippen molar-refractivity contribution in [2.75, 3.05) is 18.8 Å². The largest absolute Gasteiger partial charge is 0.396 e. The summed E-state index contributed by atoms with van der Waals surface area (Å²) in [5.41, 5.74) is 5.68. The van der Waals surface area contributed by atoms with Crippen LogP contribution in [0.25, 0.3) is 0 Å². The van der Waals surface area contributed by atoms with Gasteiger partial charge in [0.1, 0.15) is 4.90 Å². The van der Waals surface area contributed by atoms with E-state index in [0.29, 0.717) is 13.0 Å². The molecular formula is C12H14Cl2N2O2S. The molecule has 0 fully saturated rings. The third-order valence-corrected chi connectivity index (χ3v) is 5.19. The maximum absolute atomic E-state index is 12.4. The molecule has 0 aromatic heterocycles. The molecule has 0 aliphatic rings. The molecule has 0 spiro atoms. The van der Waals surface area contributed by atoms with E-state index in [4.69, 9.17) is 35.4 Å². The first-order valence-electron chi connectivity index (χ1n) is 5.53. The third kappa shape index (κ3) is 3.34. The molecule has 0 saturated carbocycles. The Hall–Kier alpha value is -0.930. The van der Waals surface area contributed by atoms with Crippen LogP contribution in [0.5, 0.6) is 0 Å². The summed E-state index contributed by atoms with van der Waals surface area (Å²) >= 11 is 11.7. The van der Waals surface area contributed by atoms with Crippen LogP contribution < -0.4 is 5.73 Å². The highest BCUT2D eigenvalue weighted by molar-refractivity contribution is 7.89. The predicted molar refractivity (Wildman–Crippen MR) is 78.8 cm³/mol. The second-order valence-electron chi connectivity index (χ2n) is 3.82. The van der Waals surface area contributed by atoms with Crippen LogP contribution in [0.15, 0.2) is 17.0 Å². The lowest BCUT2D eigenvalue weighted by Crippen LogP contribution is -2.32. The Balaban J connectivity index is 3.34. The van der Waals surface area contributed by atoms with Crippen LogP contribution in [0.3, 0.4) is 0 Å². The van der Waals surface area contributed by atoms with Gasteiger partial charge in [-0.1, -0.05) is 36.0 Å². The number of benzene rings is 1. The van der Waals surface area contributed by atoms with Gasteiger partial charge in [-0.05, 0) is 18.6 Å². The molecule has 0 amide bonds. The van der Waals surface area contributed by atoms with Gasteiger partial charge < -0.3 is 5.73 Å². The Morgan fingerprint density at radius 1 is 1.42 bits per heavy atom.